The van der Waals surface area contributed by atoms with Gasteiger partial charge in [0.1, 0.15) is 16.3 Å². The van der Waals surface area contributed by atoms with E-state index in [2.05, 4.69) is 11.8 Å². The van der Waals surface area contributed by atoms with Gasteiger partial charge in [-0.05, 0) is 74.0 Å². The summed E-state index contributed by atoms with van der Waals surface area (Å²) in [6, 6.07) is 14.5. The minimum atomic E-state index is -0.0870. The fourth-order valence-electron chi connectivity index (χ4n) is 4.52. The van der Waals surface area contributed by atoms with Crippen molar-refractivity contribution < 1.29 is 14.3 Å². The Morgan fingerprint density at radius 1 is 1.08 bits per heavy atom. The highest BCUT2D eigenvalue weighted by Gasteiger charge is 2.25. The molecule has 0 bridgehead atoms. The van der Waals surface area contributed by atoms with E-state index in [1.54, 1.807) is 47.3 Å². The van der Waals surface area contributed by atoms with Crippen LogP contribution in [0, 0.1) is 0 Å². The van der Waals surface area contributed by atoms with Gasteiger partial charge in [-0.2, -0.15) is 0 Å². The third-order valence-electron chi connectivity index (χ3n) is 6.52. The minimum Gasteiger partial charge on any atom is -0.497 e. The number of carbonyl (C=O) groups excluding carboxylic acids is 1. The molecule has 0 unspecified atom stereocenters. The lowest BCUT2D eigenvalue weighted by Gasteiger charge is -2.25. The van der Waals surface area contributed by atoms with Gasteiger partial charge < -0.3 is 9.47 Å². The Bertz CT molecular complexity index is 1480. The summed E-state index contributed by atoms with van der Waals surface area (Å²) in [5, 5.41) is 1.21. The third kappa shape index (κ3) is 5.16. The highest BCUT2D eigenvalue weighted by molar-refractivity contribution is 7.99. The second-order valence-corrected chi connectivity index (χ2v) is 10.7. The zero-order chi connectivity index (χ0) is 25.9. The summed E-state index contributed by atoms with van der Waals surface area (Å²) in [4.78, 5) is 36.2. The molecule has 0 N–H and O–H groups in total. The SMILES string of the molecule is CCOc1ccc(-n2c(SCC(=O)c3ccc(OC)cc3)nc3sc4c(c3c2=O)CCN(CC)C4)cc1. The van der Waals surface area contributed by atoms with E-state index in [9.17, 15) is 9.59 Å². The molecular formula is C28H29N3O4S2. The molecule has 1 aliphatic rings. The Morgan fingerprint density at radius 3 is 2.49 bits per heavy atom. The van der Waals surface area contributed by atoms with E-state index in [-0.39, 0.29) is 17.1 Å². The Morgan fingerprint density at radius 2 is 1.81 bits per heavy atom. The van der Waals surface area contributed by atoms with Crippen LogP contribution in [0.1, 0.15) is 34.6 Å². The molecule has 1 aliphatic heterocycles. The molecule has 0 atom stereocenters. The van der Waals surface area contributed by atoms with E-state index in [0.29, 0.717) is 34.1 Å². The van der Waals surface area contributed by atoms with Gasteiger partial charge >= 0.3 is 0 Å². The summed E-state index contributed by atoms with van der Waals surface area (Å²) in [5.41, 5.74) is 2.33. The maximum atomic E-state index is 14.0. The first-order valence-electron chi connectivity index (χ1n) is 12.3. The maximum absolute atomic E-state index is 14.0. The monoisotopic (exact) mass is 535 g/mol. The first kappa shape index (κ1) is 25.5. The molecule has 0 amide bonds. The molecule has 0 spiro atoms. The minimum absolute atomic E-state index is 0.0377. The number of hydrogen-bond donors (Lipinski definition) is 0. The number of likely N-dealkylation sites (N-methyl/N-ethyl adjacent to an activating group) is 1. The molecule has 2 aromatic heterocycles. The average Bonchev–Trinajstić information content (AvgIpc) is 3.30. The number of thiophene rings is 1. The highest BCUT2D eigenvalue weighted by atomic mass is 32.2. The van der Waals surface area contributed by atoms with Crippen LogP contribution in [0.5, 0.6) is 11.5 Å². The van der Waals surface area contributed by atoms with E-state index >= 15 is 0 Å². The largest absolute Gasteiger partial charge is 0.497 e. The molecule has 0 fully saturated rings. The van der Waals surface area contributed by atoms with Crippen LogP contribution in [0.25, 0.3) is 15.9 Å². The van der Waals surface area contributed by atoms with Gasteiger partial charge in [0.2, 0.25) is 0 Å². The average molecular weight is 536 g/mol. The summed E-state index contributed by atoms with van der Waals surface area (Å²) in [6.45, 7) is 7.41. The zero-order valence-corrected chi connectivity index (χ0v) is 22.8. The van der Waals surface area contributed by atoms with Crippen LogP contribution >= 0.6 is 23.1 Å². The van der Waals surface area contributed by atoms with Crippen molar-refractivity contribution in [3.8, 4) is 17.2 Å². The predicted octanol–water partition coefficient (Wildman–Crippen LogP) is 5.21. The summed E-state index contributed by atoms with van der Waals surface area (Å²) in [7, 11) is 1.59. The van der Waals surface area contributed by atoms with Crippen molar-refractivity contribution in [3.05, 3.63) is 74.9 Å². The predicted molar refractivity (Wildman–Crippen MR) is 149 cm³/mol. The van der Waals surface area contributed by atoms with E-state index in [4.69, 9.17) is 14.5 Å². The van der Waals surface area contributed by atoms with Crippen molar-refractivity contribution in [2.75, 3.05) is 32.6 Å². The van der Waals surface area contributed by atoms with E-state index < -0.39 is 0 Å². The number of carbonyl (C=O) groups is 1. The Hall–Kier alpha value is -3.14. The number of nitrogens with zero attached hydrogens (tertiary/aromatic N) is 3. The van der Waals surface area contributed by atoms with E-state index in [0.717, 1.165) is 42.2 Å². The van der Waals surface area contributed by atoms with Crippen LogP contribution in [0.15, 0.2) is 58.5 Å². The second kappa shape index (κ2) is 11.1. The van der Waals surface area contributed by atoms with Crippen molar-refractivity contribution in [2.24, 2.45) is 0 Å². The first-order valence-corrected chi connectivity index (χ1v) is 14.2. The Balaban J connectivity index is 1.55. The molecule has 9 heteroatoms. The number of ketones is 1. The molecular weight excluding hydrogens is 506 g/mol. The normalized spacial score (nSPS) is 13.5. The maximum Gasteiger partial charge on any atom is 0.267 e. The highest BCUT2D eigenvalue weighted by Crippen LogP contribution is 2.34. The molecule has 0 radical (unpaired) electrons. The molecule has 5 rings (SSSR count). The molecule has 7 nitrogen and oxygen atoms in total. The molecule has 2 aromatic carbocycles. The van der Waals surface area contributed by atoms with Crippen molar-refractivity contribution in [1.29, 1.82) is 0 Å². The number of methoxy groups -OCH3 is 1. The summed E-state index contributed by atoms with van der Waals surface area (Å²) in [6.07, 6.45) is 0.839. The van der Waals surface area contributed by atoms with Crippen molar-refractivity contribution in [1.82, 2.24) is 14.5 Å². The van der Waals surface area contributed by atoms with Gasteiger partial charge in [-0.25, -0.2) is 4.98 Å². The van der Waals surface area contributed by atoms with Crippen molar-refractivity contribution in [2.45, 2.75) is 32.0 Å². The lowest BCUT2D eigenvalue weighted by atomic mass is 10.1. The Labute approximate surface area is 224 Å². The van der Waals surface area contributed by atoms with Gasteiger partial charge in [0.15, 0.2) is 10.9 Å². The van der Waals surface area contributed by atoms with Gasteiger partial charge in [-0.3, -0.25) is 19.1 Å². The number of ether oxygens (including phenoxy) is 2. The quantitative estimate of drug-likeness (QED) is 0.166. The lowest BCUT2D eigenvalue weighted by molar-refractivity contribution is 0.102. The zero-order valence-electron chi connectivity index (χ0n) is 21.2. The third-order valence-corrected chi connectivity index (χ3v) is 8.57. The van der Waals surface area contributed by atoms with E-state index in [1.165, 1.54) is 16.6 Å². The molecule has 192 valence electrons. The van der Waals surface area contributed by atoms with Crippen LogP contribution in [0.4, 0.5) is 0 Å². The number of rotatable bonds is 9. The number of thioether (sulfide) groups is 1. The summed E-state index contributed by atoms with van der Waals surface area (Å²) in [5.74, 6) is 1.56. The number of Topliss-reactive ketones (excluding diaryl/α,β-unsaturated/α-hetero) is 1. The molecule has 3 heterocycles. The fourth-order valence-corrected chi connectivity index (χ4v) is 6.73. The van der Waals surface area contributed by atoms with Gasteiger partial charge in [0, 0.05) is 23.5 Å². The van der Waals surface area contributed by atoms with Crippen molar-refractivity contribution in [3.63, 3.8) is 0 Å². The van der Waals surface area contributed by atoms with Crippen LogP contribution in [-0.2, 0) is 13.0 Å². The molecule has 0 saturated carbocycles. The lowest BCUT2D eigenvalue weighted by Crippen LogP contribution is -2.30. The van der Waals surface area contributed by atoms with Gasteiger partial charge in [0.05, 0.1) is 30.5 Å². The van der Waals surface area contributed by atoms with Crippen LogP contribution in [0.2, 0.25) is 0 Å². The van der Waals surface area contributed by atoms with Crippen molar-refractivity contribution >= 4 is 39.1 Å². The number of hydrogen-bond acceptors (Lipinski definition) is 8. The standard InChI is InChI=1S/C28H29N3O4S2/c1-4-30-15-14-22-24(16-30)37-26-25(22)27(33)31(19-8-12-21(13-9-19)35-5-2)28(29-26)36-17-23(32)18-6-10-20(34-3)11-7-18/h6-13H,4-5,14-17H2,1-3H3. The van der Waals surface area contributed by atoms with E-state index in [1.807, 2.05) is 31.2 Å². The number of fused-ring (bicyclic) bond motifs is 3. The van der Waals surface area contributed by atoms with Crippen LogP contribution in [-0.4, -0.2) is 52.8 Å². The second-order valence-electron chi connectivity index (χ2n) is 8.70. The fraction of sp³-hybridized carbons (Fsp3) is 0.321. The first-order chi connectivity index (χ1) is 18.0. The van der Waals surface area contributed by atoms with Crippen LogP contribution < -0.4 is 15.0 Å². The molecule has 4 aromatic rings. The van der Waals surface area contributed by atoms with Crippen LogP contribution in [0.3, 0.4) is 0 Å². The van der Waals surface area contributed by atoms with Gasteiger partial charge in [-0.15, -0.1) is 11.3 Å². The summed E-state index contributed by atoms with van der Waals surface area (Å²) >= 11 is 2.88. The molecule has 0 saturated heterocycles. The molecule has 37 heavy (non-hydrogen) atoms. The topological polar surface area (TPSA) is 73.7 Å². The van der Waals surface area contributed by atoms with Gasteiger partial charge in [0.25, 0.3) is 5.56 Å². The number of benzene rings is 2. The number of aromatic nitrogens is 2. The summed E-state index contributed by atoms with van der Waals surface area (Å²) < 4.78 is 12.4. The smallest absolute Gasteiger partial charge is 0.267 e. The molecule has 0 aliphatic carbocycles. The Kier molecular flexibility index (Phi) is 7.64. The van der Waals surface area contributed by atoms with Gasteiger partial charge in [-0.1, -0.05) is 18.7 Å².